The van der Waals surface area contributed by atoms with Gasteiger partial charge in [0, 0.05) is 11.1 Å². The number of benzene rings is 1. The van der Waals surface area contributed by atoms with Gasteiger partial charge in [-0.25, -0.2) is 0 Å². The van der Waals surface area contributed by atoms with Gasteiger partial charge in [-0.1, -0.05) is 6.07 Å². The highest BCUT2D eigenvalue weighted by Gasteiger charge is 2.22. The number of fused-ring (bicyclic) bond motifs is 1. The van der Waals surface area contributed by atoms with Crippen molar-refractivity contribution in [2.45, 2.75) is 19.4 Å². The van der Waals surface area contributed by atoms with E-state index in [1.807, 2.05) is 32.0 Å². The van der Waals surface area contributed by atoms with E-state index in [4.69, 9.17) is 5.73 Å². The van der Waals surface area contributed by atoms with Gasteiger partial charge >= 0.3 is 0 Å². The highest BCUT2D eigenvalue weighted by molar-refractivity contribution is 5.90. The molecule has 80 valence electrons. The molecule has 0 unspecified atom stereocenters. The van der Waals surface area contributed by atoms with Crippen molar-refractivity contribution >= 4 is 16.6 Å². The third kappa shape index (κ3) is 1.47. The van der Waals surface area contributed by atoms with E-state index in [-0.39, 0.29) is 6.61 Å². The maximum absolute atomic E-state index is 9.30. The van der Waals surface area contributed by atoms with E-state index in [1.54, 1.807) is 10.9 Å². The van der Waals surface area contributed by atoms with E-state index in [0.29, 0.717) is 5.69 Å². The fourth-order valence-corrected chi connectivity index (χ4v) is 1.62. The molecule has 0 fully saturated rings. The number of hydrogen-bond donors (Lipinski definition) is 2. The van der Waals surface area contributed by atoms with E-state index in [9.17, 15) is 5.11 Å². The van der Waals surface area contributed by atoms with Crippen LogP contribution in [0.25, 0.3) is 10.9 Å². The normalized spacial score (nSPS) is 12.2. The summed E-state index contributed by atoms with van der Waals surface area (Å²) in [6.45, 7) is 3.91. The predicted octanol–water partition coefficient (Wildman–Crippen LogP) is 1.35. The van der Waals surface area contributed by atoms with Gasteiger partial charge in [0.25, 0.3) is 0 Å². The quantitative estimate of drug-likeness (QED) is 0.727. The number of aliphatic hydroxyl groups is 1. The SMILES string of the molecule is CC(C)(CO)n1ncc2c(N)cccc21. The maximum atomic E-state index is 9.30. The number of rotatable bonds is 2. The summed E-state index contributed by atoms with van der Waals surface area (Å²) in [5.74, 6) is 0. The first-order valence-electron chi connectivity index (χ1n) is 4.90. The second-order valence-corrected chi connectivity index (χ2v) is 4.31. The van der Waals surface area contributed by atoms with E-state index >= 15 is 0 Å². The Kier molecular flexibility index (Phi) is 2.16. The van der Waals surface area contributed by atoms with Crippen molar-refractivity contribution in [3.05, 3.63) is 24.4 Å². The number of nitrogens with zero attached hydrogens (tertiary/aromatic N) is 2. The summed E-state index contributed by atoms with van der Waals surface area (Å²) < 4.78 is 1.80. The van der Waals surface area contributed by atoms with Crippen LogP contribution in [-0.2, 0) is 5.54 Å². The molecule has 0 saturated heterocycles. The van der Waals surface area contributed by atoms with Crippen molar-refractivity contribution in [1.29, 1.82) is 0 Å². The third-order valence-electron chi connectivity index (χ3n) is 2.61. The number of nitrogens with two attached hydrogens (primary N) is 1. The second-order valence-electron chi connectivity index (χ2n) is 4.31. The second kappa shape index (κ2) is 3.24. The summed E-state index contributed by atoms with van der Waals surface area (Å²) in [5, 5.41) is 14.5. The van der Waals surface area contributed by atoms with Crippen molar-refractivity contribution in [3.63, 3.8) is 0 Å². The molecule has 4 nitrogen and oxygen atoms in total. The van der Waals surface area contributed by atoms with Gasteiger partial charge in [-0.05, 0) is 26.0 Å². The maximum Gasteiger partial charge on any atom is 0.0808 e. The molecule has 2 rings (SSSR count). The van der Waals surface area contributed by atoms with E-state index < -0.39 is 5.54 Å². The smallest absolute Gasteiger partial charge is 0.0808 e. The summed E-state index contributed by atoms with van der Waals surface area (Å²) in [4.78, 5) is 0. The Hall–Kier alpha value is -1.55. The summed E-state index contributed by atoms with van der Waals surface area (Å²) in [6.07, 6.45) is 1.74. The lowest BCUT2D eigenvalue weighted by Crippen LogP contribution is -2.31. The van der Waals surface area contributed by atoms with Crippen molar-refractivity contribution in [2.24, 2.45) is 0 Å². The summed E-state index contributed by atoms with van der Waals surface area (Å²) in [6, 6.07) is 5.69. The summed E-state index contributed by atoms with van der Waals surface area (Å²) >= 11 is 0. The molecule has 0 spiro atoms. The van der Waals surface area contributed by atoms with Crippen LogP contribution in [0.4, 0.5) is 5.69 Å². The zero-order valence-electron chi connectivity index (χ0n) is 8.94. The Morgan fingerprint density at radius 3 is 2.87 bits per heavy atom. The van der Waals surface area contributed by atoms with Gasteiger partial charge in [-0.15, -0.1) is 0 Å². The molecule has 0 radical (unpaired) electrons. The molecule has 15 heavy (non-hydrogen) atoms. The first-order valence-corrected chi connectivity index (χ1v) is 4.90. The van der Waals surface area contributed by atoms with Crippen LogP contribution >= 0.6 is 0 Å². The molecule has 0 saturated carbocycles. The standard InChI is InChI=1S/C11H15N3O/c1-11(2,7-15)14-10-5-3-4-9(12)8(10)6-13-14/h3-6,15H,7,12H2,1-2H3. The highest BCUT2D eigenvalue weighted by atomic mass is 16.3. The largest absolute Gasteiger partial charge is 0.398 e. The molecule has 3 N–H and O–H groups in total. The molecule has 1 heterocycles. The average molecular weight is 205 g/mol. The molecule has 2 aromatic rings. The Morgan fingerprint density at radius 2 is 2.20 bits per heavy atom. The molecular formula is C11H15N3O. The molecule has 0 bridgehead atoms. The van der Waals surface area contributed by atoms with Crippen molar-refractivity contribution in [1.82, 2.24) is 9.78 Å². The van der Waals surface area contributed by atoms with Gasteiger partial charge < -0.3 is 10.8 Å². The van der Waals surface area contributed by atoms with Crippen LogP contribution in [0.2, 0.25) is 0 Å². The molecule has 0 amide bonds. The first kappa shape index (κ1) is 9.98. The van der Waals surface area contributed by atoms with E-state index in [1.165, 1.54) is 0 Å². The summed E-state index contributed by atoms with van der Waals surface area (Å²) in [7, 11) is 0. The molecule has 0 atom stereocenters. The topological polar surface area (TPSA) is 64.1 Å². The lowest BCUT2D eigenvalue weighted by molar-refractivity contribution is 0.156. The Bertz CT molecular complexity index is 488. The van der Waals surface area contributed by atoms with Crippen LogP contribution in [0.1, 0.15) is 13.8 Å². The molecule has 1 aromatic carbocycles. The van der Waals surface area contributed by atoms with Crippen LogP contribution in [0, 0.1) is 0 Å². The molecular weight excluding hydrogens is 190 g/mol. The zero-order chi connectivity index (χ0) is 11.1. The van der Waals surface area contributed by atoms with Crippen LogP contribution in [0.15, 0.2) is 24.4 Å². The van der Waals surface area contributed by atoms with Crippen LogP contribution in [-0.4, -0.2) is 21.5 Å². The van der Waals surface area contributed by atoms with E-state index in [0.717, 1.165) is 10.9 Å². The van der Waals surface area contributed by atoms with Crippen LogP contribution in [0.3, 0.4) is 0 Å². The number of aliphatic hydroxyl groups excluding tert-OH is 1. The van der Waals surface area contributed by atoms with Gasteiger partial charge in [0.1, 0.15) is 0 Å². The van der Waals surface area contributed by atoms with Crippen molar-refractivity contribution in [3.8, 4) is 0 Å². The van der Waals surface area contributed by atoms with Crippen molar-refractivity contribution < 1.29 is 5.11 Å². The fraction of sp³-hybridized carbons (Fsp3) is 0.364. The van der Waals surface area contributed by atoms with Gasteiger partial charge in [-0.3, -0.25) is 4.68 Å². The Labute approximate surface area is 88.3 Å². The fourth-order valence-electron chi connectivity index (χ4n) is 1.62. The Balaban J connectivity index is 2.69. The van der Waals surface area contributed by atoms with Crippen LogP contribution < -0.4 is 5.73 Å². The first-order chi connectivity index (χ1) is 7.06. The number of aromatic nitrogens is 2. The zero-order valence-corrected chi connectivity index (χ0v) is 8.94. The van der Waals surface area contributed by atoms with Gasteiger partial charge in [0.2, 0.25) is 0 Å². The van der Waals surface area contributed by atoms with E-state index in [2.05, 4.69) is 5.10 Å². The molecule has 0 aliphatic heterocycles. The molecule has 1 aromatic heterocycles. The lowest BCUT2D eigenvalue weighted by Gasteiger charge is -2.23. The number of anilines is 1. The van der Waals surface area contributed by atoms with Crippen molar-refractivity contribution in [2.75, 3.05) is 12.3 Å². The molecule has 0 aliphatic rings. The third-order valence-corrected chi connectivity index (χ3v) is 2.61. The minimum Gasteiger partial charge on any atom is -0.398 e. The monoisotopic (exact) mass is 205 g/mol. The molecule has 0 aliphatic carbocycles. The van der Waals surface area contributed by atoms with Gasteiger partial charge in [-0.2, -0.15) is 5.10 Å². The summed E-state index contributed by atoms with van der Waals surface area (Å²) in [5.41, 5.74) is 7.10. The Morgan fingerprint density at radius 1 is 1.47 bits per heavy atom. The van der Waals surface area contributed by atoms with Gasteiger partial charge in [0.15, 0.2) is 0 Å². The number of hydrogen-bond acceptors (Lipinski definition) is 3. The average Bonchev–Trinajstić information content (AvgIpc) is 2.63. The lowest BCUT2D eigenvalue weighted by atomic mass is 10.1. The minimum atomic E-state index is -0.407. The van der Waals surface area contributed by atoms with Crippen LogP contribution in [0.5, 0.6) is 0 Å². The minimum absolute atomic E-state index is 0.0403. The van der Waals surface area contributed by atoms with Gasteiger partial charge in [0.05, 0.1) is 23.9 Å². The predicted molar refractivity (Wildman–Crippen MR) is 60.6 cm³/mol. The highest BCUT2D eigenvalue weighted by Crippen LogP contribution is 2.25. The molecule has 4 heteroatoms. The number of nitrogen functional groups attached to an aromatic ring is 1.